The highest BCUT2D eigenvalue weighted by Crippen LogP contribution is 2.35. The highest BCUT2D eigenvalue weighted by atomic mass is 35.5. The molecule has 0 radical (unpaired) electrons. The van der Waals surface area contributed by atoms with Gasteiger partial charge in [0.1, 0.15) is 9.23 Å². The van der Waals surface area contributed by atoms with Gasteiger partial charge in [-0.25, -0.2) is 21.1 Å². The van der Waals surface area contributed by atoms with Gasteiger partial charge in [0.05, 0.1) is 9.23 Å². The average molecular weight is 415 g/mol. The average Bonchev–Trinajstić information content (AvgIpc) is 2.78. The molecule has 23 heavy (non-hydrogen) atoms. The molecule has 2 aromatic rings. The summed E-state index contributed by atoms with van der Waals surface area (Å²) in [5.41, 5.74) is 0.209. The van der Waals surface area contributed by atoms with Gasteiger partial charge in [-0.3, -0.25) is 4.72 Å². The summed E-state index contributed by atoms with van der Waals surface area (Å²) in [5.74, 6) is 0. The predicted molar refractivity (Wildman–Crippen MR) is 92.5 cm³/mol. The van der Waals surface area contributed by atoms with Crippen molar-refractivity contribution in [3.8, 4) is 0 Å². The second-order valence-electron chi connectivity index (χ2n) is 4.61. The largest absolute Gasteiger partial charge is 0.280 e. The fourth-order valence-corrected chi connectivity index (χ4v) is 5.74. The summed E-state index contributed by atoms with van der Waals surface area (Å²) in [6, 6.07) is 6.60. The summed E-state index contributed by atoms with van der Waals surface area (Å²) in [6.45, 7) is 0. The molecule has 0 aliphatic carbocycles. The van der Waals surface area contributed by atoms with Crippen LogP contribution in [0.15, 0.2) is 40.1 Å². The first-order chi connectivity index (χ1) is 10.5. The van der Waals surface area contributed by atoms with E-state index in [2.05, 4.69) is 4.72 Å². The Kier molecular flexibility index (Phi) is 5.29. The van der Waals surface area contributed by atoms with E-state index < -0.39 is 20.0 Å². The van der Waals surface area contributed by atoms with Crippen LogP contribution in [0.2, 0.25) is 8.67 Å². The highest BCUT2D eigenvalue weighted by Gasteiger charge is 2.22. The molecule has 1 N–H and O–H groups in total. The molecular formula is C12H12Cl2N2O4S3. The maximum Gasteiger partial charge on any atom is 0.264 e. The van der Waals surface area contributed by atoms with Crippen LogP contribution in [-0.4, -0.2) is 35.2 Å². The summed E-state index contributed by atoms with van der Waals surface area (Å²) >= 11 is 12.5. The SMILES string of the molecule is CN(C)S(=O)(=O)c1ccc(NS(=O)(=O)c2cc(Cl)sc2Cl)cc1. The molecule has 0 bridgehead atoms. The fourth-order valence-electron chi connectivity index (χ4n) is 1.62. The Labute approximate surface area is 148 Å². The van der Waals surface area contributed by atoms with Gasteiger partial charge < -0.3 is 0 Å². The predicted octanol–water partition coefficient (Wildman–Crippen LogP) is 3.11. The van der Waals surface area contributed by atoms with Crippen LogP contribution in [0.4, 0.5) is 5.69 Å². The van der Waals surface area contributed by atoms with Crippen molar-refractivity contribution in [2.24, 2.45) is 0 Å². The number of hydrogen-bond donors (Lipinski definition) is 1. The molecule has 1 aromatic heterocycles. The monoisotopic (exact) mass is 414 g/mol. The van der Waals surface area contributed by atoms with Crippen molar-refractivity contribution in [3.05, 3.63) is 39.0 Å². The zero-order chi connectivity index (χ0) is 17.4. The molecule has 1 heterocycles. The lowest BCUT2D eigenvalue weighted by atomic mass is 10.3. The van der Waals surface area contributed by atoms with E-state index in [1.165, 1.54) is 44.4 Å². The smallest absolute Gasteiger partial charge is 0.264 e. The topological polar surface area (TPSA) is 83.6 Å². The van der Waals surface area contributed by atoms with Gasteiger partial charge in [0.15, 0.2) is 0 Å². The number of benzene rings is 1. The number of halogens is 2. The van der Waals surface area contributed by atoms with Gasteiger partial charge in [0.25, 0.3) is 10.0 Å². The standard InChI is InChI=1S/C12H12Cl2N2O4S3/c1-16(2)23(19,20)9-5-3-8(4-6-9)15-22(17,18)10-7-11(13)21-12(10)14/h3-7,15H,1-2H3. The third kappa shape index (κ3) is 3.98. The third-order valence-electron chi connectivity index (χ3n) is 2.80. The minimum absolute atomic E-state index is 0.0503. The van der Waals surface area contributed by atoms with Crippen molar-refractivity contribution in [1.29, 1.82) is 0 Å². The van der Waals surface area contributed by atoms with Gasteiger partial charge in [-0.05, 0) is 30.3 Å². The minimum Gasteiger partial charge on any atom is -0.280 e. The quantitative estimate of drug-likeness (QED) is 0.814. The maximum atomic E-state index is 12.3. The fraction of sp³-hybridized carbons (Fsp3) is 0.167. The first-order valence-corrected chi connectivity index (χ1v) is 10.5. The molecule has 0 saturated heterocycles. The van der Waals surface area contributed by atoms with Gasteiger partial charge in [0.2, 0.25) is 10.0 Å². The van der Waals surface area contributed by atoms with Crippen molar-refractivity contribution in [1.82, 2.24) is 4.31 Å². The highest BCUT2D eigenvalue weighted by molar-refractivity contribution is 7.93. The summed E-state index contributed by atoms with van der Waals surface area (Å²) in [4.78, 5) is -0.0683. The maximum absolute atomic E-state index is 12.3. The normalized spacial score (nSPS) is 12.6. The summed E-state index contributed by atoms with van der Waals surface area (Å²) < 4.78 is 52.1. The van der Waals surface area contributed by atoms with Crippen molar-refractivity contribution in [2.75, 3.05) is 18.8 Å². The molecular weight excluding hydrogens is 403 g/mol. The third-order valence-corrected chi connectivity index (χ3v) is 7.76. The molecule has 6 nitrogen and oxygen atoms in total. The summed E-state index contributed by atoms with van der Waals surface area (Å²) in [6.07, 6.45) is 0. The zero-order valence-electron chi connectivity index (χ0n) is 11.9. The van der Waals surface area contributed by atoms with E-state index in [-0.39, 0.29) is 24.2 Å². The molecule has 1 aromatic carbocycles. The minimum atomic E-state index is -3.90. The van der Waals surface area contributed by atoms with Crippen molar-refractivity contribution < 1.29 is 16.8 Å². The van der Waals surface area contributed by atoms with Crippen molar-refractivity contribution in [2.45, 2.75) is 9.79 Å². The lowest BCUT2D eigenvalue weighted by Gasteiger charge is -2.12. The first kappa shape index (κ1) is 18.5. The second kappa shape index (κ2) is 6.58. The molecule has 0 amide bonds. The summed E-state index contributed by atoms with van der Waals surface area (Å²) in [7, 11) is -4.66. The Morgan fingerprint density at radius 1 is 1.04 bits per heavy atom. The molecule has 11 heteroatoms. The van der Waals surface area contributed by atoms with Crippen molar-refractivity contribution >= 4 is 60.3 Å². The number of nitrogens with zero attached hydrogens (tertiary/aromatic N) is 1. The van der Waals surface area contributed by atoms with E-state index in [1.54, 1.807) is 0 Å². The van der Waals surface area contributed by atoms with E-state index in [9.17, 15) is 16.8 Å². The number of rotatable bonds is 5. The molecule has 0 fully saturated rings. The van der Waals surface area contributed by atoms with Crippen LogP contribution < -0.4 is 4.72 Å². The van der Waals surface area contributed by atoms with Gasteiger partial charge in [-0.15, -0.1) is 11.3 Å². The molecule has 0 aliphatic rings. The molecule has 0 spiro atoms. The van der Waals surface area contributed by atoms with Crippen LogP contribution in [0.25, 0.3) is 0 Å². The van der Waals surface area contributed by atoms with E-state index in [0.717, 1.165) is 15.6 Å². The Morgan fingerprint density at radius 2 is 1.61 bits per heavy atom. The van der Waals surface area contributed by atoms with Crippen LogP contribution in [0.5, 0.6) is 0 Å². The Morgan fingerprint density at radius 3 is 2.04 bits per heavy atom. The van der Waals surface area contributed by atoms with Gasteiger partial charge in [0, 0.05) is 19.8 Å². The van der Waals surface area contributed by atoms with Crippen LogP contribution in [-0.2, 0) is 20.0 Å². The Hall–Kier alpha value is -0.840. The van der Waals surface area contributed by atoms with Crippen LogP contribution >= 0.6 is 34.5 Å². The molecule has 0 saturated carbocycles. The van der Waals surface area contributed by atoms with Crippen LogP contribution in [0.3, 0.4) is 0 Å². The second-order valence-corrected chi connectivity index (χ2v) is 10.7. The summed E-state index contributed by atoms with van der Waals surface area (Å²) in [5, 5.41) is 0. The van der Waals surface area contributed by atoms with Crippen molar-refractivity contribution in [3.63, 3.8) is 0 Å². The number of nitrogens with one attached hydrogen (secondary N) is 1. The zero-order valence-corrected chi connectivity index (χ0v) is 15.9. The molecule has 0 atom stereocenters. The number of thiophene rings is 1. The van der Waals surface area contributed by atoms with E-state index in [4.69, 9.17) is 23.2 Å². The van der Waals surface area contributed by atoms with Gasteiger partial charge in [-0.2, -0.15) is 0 Å². The van der Waals surface area contributed by atoms with E-state index >= 15 is 0 Å². The molecule has 2 rings (SSSR count). The molecule has 0 unspecified atom stereocenters. The number of sulfonamides is 2. The van der Waals surface area contributed by atoms with Gasteiger partial charge >= 0.3 is 0 Å². The molecule has 126 valence electrons. The Bertz CT molecular complexity index is 920. The number of anilines is 1. The Balaban J connectivity index is 2.30. The molecule has 0 aliphatic heterocycles. The van der Waals surface area contributed by atoms with Crippen LogP contribution in [0.1, 0.15) is 0 Å². The first-order valence-electron chi connectivity index (χ1n) is 6.04. The number of hydrogen-bond acceptors (Lipinski definition) is 5. The van der Waals surface area contributed by atoms with Gasteiger partial charge in [-0.1, -0.05) is 23.2 Å². The lowest BCUT2D eigenvalue weighted by Crippen LogP contribution is -2.22. The lowest BCUT2D eigenvalue weighted by molar-refractivity contribution is 0.521. The van der Waals surface area contributed by atoms with E-state index in [1.807, 2.05) is 0 Å². The van der Waals surface area contributed by atoms with E-state index in [0.29, 0.717) is 0 Å². The van der Waals surface area contributed by atoms with Crippen LogP contribution in [0, 0.1) is 0 Å².